The summed E-state index contributed by atoms with van der Waals surface area (Å²) in [6, 6.07) is 16.2. The molecule has 0 fully saturated rings. The highest BCUT2D eigenvalue weighted by Gasteiger charge is 2.20. The molecule has 0 saturated carbocycles. The Hall–Kier alpha value is -2.09. The number of benzene rings is 2. The van der Waals surface area contributed by atoms with Crippen molar-refractivity contribution in [2.75, 3.05) is 44.4 Å². The number of rotatable bonds is 11. The van der Waals surface area contributed by atoms with E-state index in [1.54, 1.807) is 23.1 Å². The maximum Gasteiger partial charge on any atom is 0.228 e. The molecule has 3 rings (SSSR count). The zero-order valence-corrected chi connectivity index (χ0v) is 19.5. The van der Waals surface area contributed by atoms with Gasteiger partial charge < -0.3 is 9.64 Å². The van der Waals surface area contributed by atoms with E-state index < -0.39 is 0 Å². The third-order valence-electron chi connectivity index (χ3n) is 4.51. The van der Waals surface area contributed by atoms with Crippen LogP contribution < -0.4 is 9.64 Å². The van der Waals surface area contributed by atoms with Crippen LogP contribution in [0.2, 0.25) is 0 Å². The van der Waals surface area contributed by atoms with E-state index in [1.807, 2.05) is 62.3 Å². The molecule has 7 heteroatoms. The van der Waals surface area contributed by atoms with Gasteiger partial charge >= 0.3 is 0 Å². The molecule has 1 aromatic heterocycles. The molecule has 160 valence electrons. The average molecular weight is 444 g/mol. The number of thiazole rings is 1. The van der Waals surface area contributed by atoms with Crippen molar-refractivity contribution >= 4 is 44.4 Å². The number of carbonyl (C=O) groups excluding carboxylic acids is 1. The summed E-state index contributed by atoms with van der Waals surface area (Å²) in [6.45, 7) is 4.03. The fraction of sp³-hybridized carbons (Fsp3) is 0.391. The minimum absolute atomic E-state index is 0.134. The van der Waals surface area contributed by atoms with Crippen molar-refractivity contribution in [3.05, 3.63) is 48.5 Å². The number of ether oxygens (including phenoxy) is 1. The lowest BCUT2D eigenvalue weighted by Crippen LogP contribution is -2.36. The second-order valence-corrected chi connectivity index (χ2v) is 9.35. The van der Waals surface area contributed by atoms with Crippen molar-refractivity contribution < 1.29 is 9.53 Å². The van der Waals surface area contributed by atoms with E-state index in [-0.39, 0.29) is 5.91 Å². The highest BCUT2D eigenvalue weighted by Crippen LogP contribution is 2.32. The number of amides is 1. The van der Waals surface area contributed by atoms with E-state index in [2.05, 4.69) is 17.0 Å². The van der Waals surface area contributed by atoms with Crippen LogP contribution in [0, 0.1) is 0 Å². The third kappa shape index (κ3) is 6.45. The second kappa shape index (κ2) is 11.3. The van der Waals surface area contributed by atoms with Crippen molar-refractivity contribution in [3.8, 4) is 5.75 Å². The average Bonchev–Trinajstić information content (AvgIpc) is 3.15. The zero-order valence-electron chi connectivity index (χ0n) is 17.8. The fourth-order valence-electron chi connectivity index (χ4n) is 2.96. The molecule has 0 unspecified atom stereocenters. The predicted molar refractivity (Wildman–Crippen MR) is 128 cm³/mol. The first-order valence-electron chi connectivity index (χ1n) is 10.2. The predicted octanol–water partition coefficient (Wildman–Crippen LogP) is 5.16. The summed E-state index contributed by atoms with van der Waals surface area (Å²) in [4.78, 5) is 23.0. The first-order chi connectivity index (χ1) is 14.6. The van der Waals surface area contributed by atoms with Gasteiger partial charge in [-0.15, -0.1) is 11.8 Å². The number of fused-ring (bicyclic) bond motifs is 1. The number of likely N-dealkylation sites (N-methyl/N-ethyl adjacent to an activating group) is 1. The van der Waals surface area contributed by atoms with Crippen LogP contribution in [0.4, 0.5) is 5.13 Å². The van der Waals surface area contributed by atoms with E-state index in [9.17, 15) is 4.79 Å². The Bertz CT molecular complexity index is 944. The van der Waals surface area contributed by atoms with Crippen LogP contribution in [-0.4, -0.2) is 55.3 Å². The molecule has 0 aliphatic carbocycles. The molecular formula is C23H29N3O2S2. The lowest BCUT2D eigenvalue weighted by atomic mass is 10.3. The smallest absolute Gasteiger partial charge is 0.228 e. The molecule has 1 amide bonds. The van der Waals surface area contributed by atoms with Gasteiger partial charge in [-0.1, -0.05) is 29.5 Å². The van der Waals surface area contributed by atoms with Gasteiger partial charge in [0, 0.05) is 24.4 Å². The van der Waals surface area contributed by atoms with E-state index in [1.165, 1.54) is 4.90 Å². The van der Waals surface area contributed by atoms with Crippen LogP contribution in [-0.2, 0) is 4.79 Å². The molecule has 0 spiro atoms. The monoisotopic (exact) mass is 443 g/mol. The summed E-state index contributed by atoms with van der Waals surface area (Å²) in [5, 5.41) is 0.765. The molecule has 0 atom stereocenters. The highest BCUT2D eigenvalue weighted by atomic mass is 32.2. The van der Waals surface area contributed by atoms with Gasteiger partial charge in [0.1, 0.15) is 5.75 Å². The molecule has 0 bridgehead atoms. The van der Waals surface area contributed by atoms with Gasteiger partial charge in [0.2, 0.25) is 5.91 Å². The van der Waals surface area contributed by atoms with Gasteiger partial charge in [0.15, 0.2) is 5.13 Å². The summed E-state index contributed by atoms with van der Waals surface area (Å²) >= 11 is 3.34. The fourth-order valence-corrected chi connectivity index (χ4v) is 4.87. The van der Waals surface area contributed by atoms with Crippen molar-refractivity contribution in [1.82, 2.24) is 9.88 Å². The molecule has 2 aromatic carbocycles. The van der Waals surface area contributed by atoms with Gasteiger partial charge in [0.25, 0.3) is 0 Å². The summed E-state index contributed by atoms with van der Waals surface area (Å²) in [7, 11) is 4.04. The Morgan fingerprint density at radius 2 is 1.93 bits per heavy atom. The first-order valence-corrected chi connectivity index (χ1v) is 12.0. The molecule has 0 aliphatic heterocycles. The SMILES string of the molecule is CCOc1ccc2nc(N(CCN(C)C)C(=O)CCCSc3ccccc3)sc2c1. The van der Waals surface area contributed by atoms with E-state index in [0.29, 0.717) is 19.6 Å². The summed E-state index contributed by atoms with van der Waals surface area (Å²) in [5.74, 6) is 1.90. The Labute approximate surface area is 187 Å². The molecule has 1 heterocycles. The van der Waals surface area contributed by atoms with Gasteiger partial charge in [-0.25, -0.2) is 4.98 Å². The van der Waals surface area contributed by atoms with Crippen LogP contribution >= 0.6 is 23.1 Å². The maximum atomic E-state index is 13.1. The van der Waals surface area contributed by atoms with Gasteiger partial charge in [-0.05, 0) is 63.5 Å². The molecule has 0 saturated heterocycles. The molecule has 0 N–H and O–H groups in total. The van der Waals surface area contributed by atoms with Crippen LogP contribution in [0.1, 0.15) is 19.8 Å². The highest BCUT2D eigenvalue weighted by molar-refractivity contribution is 7.99. The quantitative estimate of drug-likeness (QED) is 0.302. The number of hydrogen-bond acceptors (Lipinski definition) is 6. The topological polar surface area (TPSA) is 45.7 Å². The Morgan fingerprint density at radius 1 is 1.13 bits per heavy atom. The summed E-state index contributed by atoms with van der Waals surface area (Å²) in [6.07, 6.45) is 1.36. The third-order valence-corrected chi connectivity index (χ3v) is 6.65. The van der Waals surface area contributed by atoms with Gasteiger partial charge in [-0.3, -0.25) is 9.69 Å². The van der Waals surface area contributed by atoms with Gasteiger partial charge in [0.05, 0.1) is 16.8 Å². The summed E-state index contributed by atoms with van der Waals surface area (Å²) in [5.41, 5.74) is 0.903. The Morgan fingerprint density at radius 3 is 2.67 bits per heavy atom. The number of carbonyl (C=O) groups is 1. The van der Waals surface area contributed by atoms with Crippen LogP contribution in [0.15, 0.2) is 53.4 Å². The number of hydrogen-bond donors (Lipinski definition) is 0. The molecule has 5 nitrogen and oxygen atoms in total. The number of aromatic nitrogens is 1. The maximum absolute atomic E-state index is 13.1. The number of thioether (sulfide) groups is 1. The van der Waals surface area contributed by atoms with Gasteiger partial charge in [-0.2, -0.15) is 0 Å². The molecule has 30 heavy (non-hydrogen) atoms. The minimum atomic E-state index is 0.134. The summed E-state index contributed by atoms with van der Waals surface area (Å²) < 4.78 is 6.64. The molecular weight excluding hydrogens is 414 g/mol. The van der Waals surface area contributed by atoms with E-state index in [4.69, 9.17) is 9.72 Å². The van der Waals surface area contributed by atoms with Crippen LogP contribution in [0.3, 0.4) is 0 Å². The number of nitrogens with zero attached hydrogens (tertiary/aromatic N) is 3. The molecule has 0 radical (unpaired) electrons. The molecule has 0 aliphatic rings. The second-order valence-electron chi connectivity index (χ2n) is 7.17. The number of anilines is 1. The zero-order chi connectivity index (χ0) is 21.3. The van der Waals surface area contributed by atoms with Crippen molar-refractivity contribution in [2.45, 2.75) is 24.7 Å². The van der Waals surface area contributed by atoms with E-state index >= 15 is 0 Å². The van der Waals surface area contributed by atoms with E-state index in [0.717, 1.165) is 39.8 Å². The van der Waals surface area contributed by atoms with Crippen LogP contribution in [0.5, 0.6) is 5.75 Å². The Kier molecular flexibility index (Phi) is 8.54. The lowest BCUT2D eigenvalue weighted by Gasteiger charge is -2.22. The minimum Gasteiger partial charge on any atom is -0.494 e. The van der Waals surface area contributed by atoms with Crippen molar-refractivity contribution in [1.29, 1.82) is 0 Å². The normalized spacial score (nSPS) is 11.2. The first kappa shape index (κ1) is 22.6. The Balaban J connectivity index is 1.66. The molecule has 3 aromatic rings. The van der Waals surface area contributed by atoms with Crippen molar-refractivity contribution in [3.63, 3.8) is 0 Å². The largest absolute Gasteiger partial charge is 0.494 e. The van der Waals surface area contributed by atoms with Crippen molar-refractivity contribution in [2.24, 2.45) is 0 Å². The van der Waals surface area contributed by atoms with Crippen LogP contribution in [0.25, 0.3) is 10.2 Å². The lowest BCUT2D eigenvalue weighted by molar-refractivity contribution is -0.118. The standard InChI is InChI=1S/C23H29N3O2S2/c1-4-28-18-12-13-20-21(17-18)30-23(24-20)26(15-14-25(2)3)22(27)11-8-16-29-19-9-6-5-7-10-19/h5-7,9-10,12-13,17H,4,8,11,14-16H2,1-3H3.